The first kappa shape index (κ1) is 56.4. The van der Waals surface area contributed by atoms with Crippen LogP contribution in [-0.2, 0) is 42.6 Å². The highest BCUT2D eigenvalue weighted by atomic mass is 16.8. The Hall–Kier alpha value is -0.840. The molecule has 29 atom stereocenters. The molecule has 5 saturated carbocycles. The maximum atomic E-state index is 12.4. The average Bonchev–Trinajstić information content (AvgIpc) is 3.63. The Morgan fingerprint density at radius 1 is 0.514 bits per heavy atom. The van der Waals surface area contributed by atoms with Gasteiger partial charge in [0.2, 0.25) is 0 Å². The molecule has 12 N–H and O–H groups in total. The van der Waals surface area contributed by atoms with Crippen molar-refractivity contribution in [2.24, 2.45) is 50.2 Å². The van der Waals surface area contributed by atoms with Gasteiger partial charge in [-0.25, -0.2) is 0 Å². The Morgan fingerprint density at radius 3 is 1.77 bits per heavy atom. The summed E-state index contributed by atoms with van der Waals surface area (Å²) in [7, 11) is 0. The molecule has 5 aliphatic heterocycles. The van der Waals surface area contributed by atoms with E-state index in [-0.39, 0.29) is 38.6 Å². The summed E-state index contributed by atoms with van der Waals surface area (Å²) < 4.78 is 56.4. The SMILES string of the molecule is C[C@@H]1O[C@@H](O[C@H]2[C@H](O[C@H]3CO[C@@H](O[C@H]4CC[C@@]5(C)C(CC[C@]6(C)[C@@H]5CC[C@]57OC[C@@]8(CCC(C)(C)CC85)[C@H](O)C[C@]76C)C4(C)C)[C@H](O[C@@H]4O[C@H](CO)[C@@H](O)[C@H](O)[C@H]4O)[C@H]3O)O[C@H](CO)[C@@H](O)[C@@H]2O)[C@H](O)[C@H](O)[C@H]1O. The van der Waals surface area contributed by atoms with Gasteiger partial charge in [-0.15, -0.1) is 0 Å². The van der Waals surface area contributed by atoms with E-state index in [0.29, 0.717) is 24.9 Å². The van der Waals surface area contributed by atoms with Crippen molar-refractivity contribution in [2.75, 3.05) is 26.4 Å². The summed E-state index contributed by atoms with van der Waals surface area (Å²) in [5, 5.41) is 131. The smallest absolute Gasteiger partial charge is 0.187 e. The van der Waals surface area contributed by atoms with Gasteiger partial charge in [0.25, 0.3) is 0 Å². The second kappa shape index (κ2) is 19.7. The van der Waals surface area contributed by atoms with Gasteiger partial charge in [0.15, 0.2) is 25.2 Å². The van der Waals surface area contributed by atoms with Crippen molar-refractivity contribution in [3.8, 4) is 0 Å². The van der Waals surface area contributed by atoms with E-state index in [2.05, 4.69) is 48.5 Å². The highest BCUT2D eigenvalue weighted by Crippen LogP contribution is 2.80. The Balaban J connectivity index is 0.902. The van der Waals surface area contributed by atoms with Gasteiger partial charge in [-0.1, -0.05) is 48.5 Å². The molecule has 2 unspecified atom stereocenters. The third-order valence-corrected chi connectivity index (χ3v) is 22.2. The van der Waals surface area contributed by atoms with Gasteiger partial charge in [0.1, 0.15) is 85.5 Å². The van der Waals surface area contributed by atoms with E-state index in [0.717, 1.165) is 57.8 Å². The molecule has 5 aliphatic carbocycles. The van der Waals surface area contributed by atoms with Gasteiger partial charge in [0, 0.05) is 10.8 Å². The lowest BCUT2D eigenvalue weighted by Gasteiger charge is -2.75. The lowest BCUT2D eigenvalue weighted by Crippen LogP contribution is -2.74. The molecule has 21 nitrogen and oxygen atoms in total. The third kappa shape index (κ3) is 8.40. The summed E-state index contributed by atoms with van der Waals surface area (Å²) in [4.78, 5) is 0. The standard InChI is InChI=1S/C53H88O21/c1-23-32(57)36(61)39(64)43(68-23)74-42-38(63)34(59)25(20-55)70-46(42)71-26-21-66-45(41(35(26)60)73-44-40(65)37(62)33(58)24(19-54)69-44)72-31-11-12-49(6)27(48(31,4)5)9-13-50(7)28(49)10-14-53-29-17-47(2,3)15-16-52(29,22-67-53)30(56)18-51(50,53)8/h23-46,54-65H,9-22H2,1-8H3/t23-,24+,25+,26-,27?,28+,29?,30+,31-,32-,33+,34+,35-,36+,37-,38-,39+,40+,41+,42+,43-,44-,45-,46-,49-,50+,51-,52+,53-/m0/s1. The zero-order valence-electron chi connectivity index (χ0n) is 44.3. The van der Waals surface area contributed by atoms with Crippen LogP contribution in [0, 0.1) is 50.2 Å². The predicted octanol–water partition coefficient (Wildman–Crippen LogP) is -0.684. The van der Waals surface area contributed by atoms with Crippen LogP contribution in [0.3, 0.4) is 0 Å². The minimum absolute atomic E-state index is 0.124. The molecule has 0 aromatic heterocycles. The molecule has 10 rings (SSSR count). The van der Waals surface area contributed by atoms with Crippen molar-refractivity contribution < 1.29 is 104 Å². The second-order valence-corrected chi connectivity index (χ2v) is 26.6. The monoisotopic (exact) mass is 1060 g/mol. The van der Waals surface area contributed by atoms with Gasteiger partial charge in [0.05, 0.1) is 50.3 Å². The topological polar surface area (TPSA) is 326 Å². The molecule has 74 heavy (non-hydrogen) atoms. The fraction of sp³-hybridized carbons (Fsp3) is 1.00. The quantitative estimate of drug-likeness (QED) is 0.121. The molecule has 10 aliphatic rings. The van der Waals surface area contributed by atoms with E-state index >= 15 is 0 Å². The van der Waals surface area contributed by atoms with E-state index in [9.17, 15) is 61.3 Å². The number of fused-ring (bicyclic) bond motifs is 4. The number of hydrogen-bond donors (Lipinski definition) is 12. The predicted molar refractivity (Wildman–Crippen MR) is 255 cm³/mol. The van der Waals surface area contributed by atoms with Gasteiger partial charge in [-0.2, -0.15) is 0 Å². The number of aliphatic hydroxyl groups excluding tert-OH is 12. The summed E-state index contributed by atoms with van der Waals surface area (Å²) in [6.45, 7) is 16.7. The number of rotatable bonds is 10. The molecular formula is C53H88O21. The van der Waals surface area contributed by atoms with Crippen LogP contribution in [0.5, 0.6) is 0 Å². The van der Waals surface area contributed by atoms with E-state index < -0.39 is 154 Å². The van der Waals surface area contributed by atoms with Crippen molar-refractivity contribution in [1.29, 1.82) is 0 Å². The van der Waals surface area contributed by atoms with Gasteiger partial charge >= 0.3 is 0 Å². The van der Waals surface area contributed by atoms with Crippen molar-refractivity contribution in [3.63, 3.8) is 0 Å². The fourth-order valence-electron chi connectivity index (χ4n) is 17.6. The highest BCUT2D eigenvalue weighted by Gasteiger charge is 2.80. The third-order valence-electron chi connectivity index (χ3n) is 22.2. The molecule has 1 spiro atoms. The van der Waals surface area contributed by atoms with Crippen LogP contribution >= 0.6 is 0 Å². The first-order chi connectivity index (χ1) is 34.6. The molecule has 5 heterocycles. The van der Waals surface area contributed by atoms with Crippen molar-refractivity contribution >= 4 is 0 Å². The number of ether oxygens (including phenoxy) is 9. The molecule has 0 aromatic carbocycles. The lowest BCUT2D eigenvalue weighted by atomic mass is 9.30. The average molecular weight is 1060 g/mol. The minimum Gasteiger partial charge on any atom is -0.394 e. The Kier molecular flexibility index (Phi) is 15.0. The fourth-order valence-corrected chi connectivity index (χ4v) is 17.6. The molecule has 0 radical (unpaired) electrons. The molecule has 0 aromatic rings. The van der Waals surface area contributed by atoms with Gasteiger partial charge in [-0.05, 0) is 111 Å². The van der Waals surface area contributed by atoms with Crippen LogP contribution < -0.4 is 0 Å². The van der Waals surface area contributed by atoms with E-state index in [1.54, 1.807) is 0 Å². The van der Waals surface area contributed by atoms with Crippen molar-refractivity contribution in [1.82, 2.24) is 0 Å². The van der Waals surface area contributed by atoms with Crippen LogP contribution in [-0.4, -0.2) is 222 Å². The molecule has 5 saturated heterocycles. The molecule has 0 amide bonds. The van der Waals surface area contributed by atoms with Gasteiger partial charge in [-0.3, -0.25) is 0 Å². The van der Waals surface area contributed by atoms with E-state index in [1.807, 2.05) is 0 Å². The Bertz CT molecular complexity index is 2000. The van der Waals surface area contributed by atoms with Crippen LogP contribution in [0.15, 0.2) is 0 Å². The van der Waals surface area contributed by atoms with Crippen LogP contribution in [0.2, 0.25) is 0 Å². The first-order valence-electron chi connectivity index (χ1n) is 27.5. The molecule has 21 heteroatoms. The molecule has 10 fully saturated rings. The molecule has 2 bridgehead atoms. The maximum absolute atomic E-state index is 12.4. The van der Waals surface area contributed by atoms with Crippen LogP contribution in [0.1, 0.15) is 120 Å². The lowest BCUT2D eigenvalue weighted by molar-refractivity contribution is -0.394. The van der Waals surface area contributed by atoms with Crippen LogP contribution in [0.4, 0.5) is 0 Å². The number of hydrogen-bond acceptors (Lipinski definition) is 21. The highest BCUT2D eigenvalue weighted by molar-refractivity contribution is 5.28. The second-order valence-electron chi connectivity index (χ2n) is 26.6. The Morgan fingerprint density at radius 2 is 1.11 bits per heavy atom. The van der Waals surface area contributed by atoms with Gasteiger partial charge < -0.3 is 104 Å². The summed E-state index contributed by atoms with van der Waals surface area (Å²) in [6.07, 6.45) is -22.7. The minimum atomic E-state index is -1.87. The molecular weight excluding hydrogens is 973 g/mol. The number of aliphatic hydroxyl groups is 12. The summed E-state index contributed by atoms with van der Waals surface area (Å²) in [5.41, 5.74) is -1.31. The van der Waals surface area contributed by atoms with Crippen molar-refractivity contribution in [2.45, 2.75) is 254 Å². The van der Waals surface area contributed by atoms with E-state index in [4.69, 9.17) is 42.6 Å². The summed E-state index contributed by atoms with van der Waals surface area (Å²) in [5.74, 6) is 0.795. The van der Waals surface area contributed by atoms with Crippen molar-refractivity contribution in [3.05, 3.63) is 0 Å². The largest absolute Gasteiger partial charge is 0.394 e. The summed E-state index contributed by atoms with van der Waals surface area (Å²) >= 11 is 0. The van der Waals surface area contributed by atoms with E-state index in [1.165, 1.54) is 6.92 Å². The van der Waals surface area contributed by atoms with Crippen LogP contribution in [0.25, 0.3) is 0 Å². The molecule has 426 valence electrons. The zero-order valence-corrected chi connectivity index (χ0v) is 44.3. The first-order valence-corrected chi connectivity index (χ1v) is 27.5. The zero-order chi connectivity index (χ0) is 53.6. The maximum Gasteiger partial charge on any atom is 0.187 e. The summed E-state index contributed by atoms with van der Waals surface area (Å²) in [6, 6.07) is 0. The Labute approximate surface area is 433 Å². The normalized spacial score (nSPS) is 57.9.